The summed E-state index contributed by atoms with van der Waals surface area (Å²) in [5, 5.41) is 20.8. The first-order chi connectivity index (χ1) is 11.6. The smallest absolute Gasteiger partial charge is 0.316 e. The van der Waals surface area contributed by atoms with Crippen molar-refractivity contribution in [2.24, 2.45) is 17.3 Å². The normalized spacial score (nSPS) is 25.4. The van der Waals surface area contributed by atoms with Gasteiger partial charge in [0.05, 0.1) is 17.1 Å². The SMILES string of the molecule is CC(C)(C)C(=O)Oc1ccc(O)c2c1C(=O)C1CC(=O)C=CC1C2O. The van der Waals surface area contributed by atoms with Crippen molar-refractivity contribution in [3.05, 3.63) is 35.4 Å². The Kier molecular flexibility index (Phi) is 4.03. The molecule has 0 saturated heterocycles. The van der Waals surface area contributed by atoms with E-state index in [9.17, 15) is 24.6 Å². The summed E-state index contributed by atoms with van der Waals surface area (Å²) in [6.07, 6.45) is 1.69. The van der Waals surface area contributed by atoms with Gasteiger partial charge in [-0.05, 0) is 39.0 Å². The van der Waals surface area contributed by atoms with Crippen molar-refractivity contribution in [3.8, 4) is 11.5 Å². The minimum atomic E-state index is -1.16. The Morgan fingerprint density at radius 2 is 1.92 bits per heavy atom. The summed E-state index contributed by atoms with van der Waals surface area (Å²) in [6.45, 7) is 5.04. The average molecular weight is 344 g/mol. The molecule has 0 saturated carbocycles. The number of allylic oxidation sites excluding steroid dienone is 1. The number of phenolic OH excluding ortho intramolecular Hbond substituents is 1. The van der Waals surface area contributed by atoms with Gasteiger partial charge in [0, 0.05) is 23.8 Å². The van der Waals surface area contributed by atoms with Crippen molar-refractivity contribution in [1.29, 1.82) is 0 Å². The summed E-state index contributed by atoms with van der Waals surface area (Å²) in [6, 6.07) is 2.63. The Morgan fingerprint density at radius 3 is 2.56 bits per heavy atom. The van der Waals surface area contributed by atoms with E-state index in [1.54, 1.807) is 20.8 Å². The summed E-state index contributed by atoms with van der Waals surface area (Å²) in [5.41, 5.74) is -0.758. The van der Waals surface area contributed by atoms with Gasteiger partial charge in [-0.2, -0.15) is 0 Å². The number of carbonyl (C=O) groups is 3. The minimum Gasteiger partial charge on any atom is -0.508 e. The second-order valence-electron chi connectivity index (χ2n) is 7.53. The fourth-order valence-corrected chi connectivity index (χ4v) is 3.22. The van der Waals surface area contributed by atoms with Crippen molar-refractivity contribution in [2.45, 2.75) is 33.3 Å². The van der Waals surface area contributed by atoms with Crippen molar-refractivity contribution in [1.82, 2.24) is 0 Å². The first-order valence-electron chi connectivity index (χ1n) is 8.12. The number of hydrogen-bond donors (Lipinski definition) is 2. The molecule has 0 radical (unpaired) electrons. The van der Waals surface area contributed by atoms with Gasteiger partial charge in [-0.15, -0.1) is 0 Å². The molecule has 3 unspecified atom stereocenters. The molecule has 2 aliphatic rings. The number of benzene rings is 1. The third-order valence-corrected chi connectivity index (χ3v) is 4.63. The number of aliphatic hydroxyl groups excluding tert-OH is 1. The highest BCUT2D eigenvalue weighted by atomic mass is 16.5. The van der Waals surface area contributed by atoms with Crippen LogP contribution < -0.4 is 4.74 Å². The van der Waals surface area contributed by atoms with Crippen LogP contribution in [0.1, 0.15) is 49.2 Å². The molecule has 2 N–H and O–H groups in total. The van der Waals surface area contributed by atoms with Crippen molar-refractivity contribution in [3.63, 3.8) is 0 Å². The van der Waals surface area contributed by atoms with Gasteiger partial charge < -0.3 is 14.9 Å². The number of aliphatic hydroxyl groups is 1. The van der Waals surface area contributed by atoms with E-state index in [1.165, 1.54) is 24.3 Å². The molecule has 6 nitrogen and oxygen atoms in total. The molecule has 25 heavy (non-hydrogen) atoms. The Bertz CT molecular complexity index is 799. The maximum absolute atomic E-state index is 12.9. The Hall–Kier alpha value is -2.47. The van der Waals surface area contributed by atoms with E-state index < -0.39 is 35.1 Å². The van der Waals surface area contributed by atoms with Gasteiger partial charge in [0.1, 0.15) is 11.5 Å². The fraction of sp³-hybridized carbons (Fsp3) is 0.421. The summed E-state index contributed by atoms with van der Waals surface area (Å²) in [5.74, 6) is -2.70. The van der Waals surface area contributed by atoms with Crippen LogP contribution in [0.4, 0.5) is 0 Å². The summed E-state index contributed by atoms with van der Waals surface area (Å²) in [7, 11) is 0. The van der Waals surface area contributed by atoms with Crippen molar-refractivity contribution in [2.75, 3.05) is 0 Å². The van der Waals surface area contributed by atoms with E-state index in [1.807, 2.05) is 0 Å². The largest absolute Gasteiger partial charge is 0.508 e. The topological polar surface area (TPSA) is 101 Å². The number of rotatable bonds is 1. The molecular formula is C19H20O6. The summed E-state index contributed by atoms with van der Waals surface area (Å²) >= 11 is 0. The minimum absolute atomic E-state index is 0.00257. The molecule has 2 aliphatic carbocycles. The monoisotopic (exact) mass is 344 g/mol. The summed E-state index contributed by atoms with van der Waals surface area (Å²) < 4.78 is 5.37. The Balaban J connectivity index is 2.12. The van der Waals surface area contributed by atoms with E-state index in [4.69, 9.17) is 4.74 Å². The van der Waals surface area contributed by atoms with Crippen LogP contribution in [0, 0.1) is 17.3 Å². The molecule has 0 bridgehead atoms. The molecule has 6 heteroatoms. The molecule has 0 amide bonds. The predicted molar refractivity (Wildman–Crippen MR) is 88.2 cm³/mol. The van der Waals surface area contributed by atoms with Crippen LogP contribution in [0.25, 0.3) is 0 Å². The van der Waals surface area contributed by atoms with Gasteiger partial charge in [-0.1, -0.05) is 6.08 Å². The lowest BCUT2D eigenvalue weighted by Crippen LogP contribution is -2.38. The highest BCUT2D eigenvalue weighted by molar-refractivity contribution is 6.07. The van der Waals surface area contributed by atoms with Gasteiger partial charge in [0.2, 0.25) is 0 Å². The third-order valence-electron chi connectivity index (χ3n) is 4.63. The number of hydrogen-bond acceptors (Lipinski definition) is 6. The number of ether oxygens (including phenoxy) is 1. The zero-order chi connectivity index (χ0) is 18.5. The van der Waals surface area contributed by atoms with Gasteiger partial charge in [0.15, 0.2) is 11.6 Å². The molecule has 0 aromatic heterocycles. The maximum atomic E-state index is 12.9. The average Bonchev–Trinajstić information content (AvgIpc) is 2.53. The predicted octanol–water partition coefficient (Wildman–Crippen LogP) is 2.33. The molecular weight excluding hydrogens is 324 g/mol. The van der Waals surface area contributed by atoms with Crippen LogP contribution in [0.3, 0.4) is 0 Å². The second-order valence-corrected chi connectivity index (χ2v) is 7.53. The zero-order valence-electron chi connectivity index (χ0n) is 14.3. The van der Waals surface area contributed by atoms with Crippen molar-refractivity contribution >= 4 is 17.5 Å². The second kappa shape index (κ2) is 5.81. The number of aromatic hydroxyl groups is 1. The molecule has 3 atom stereocenters. The van der Waals surface area contributed by atoms with Crippen LogP contribution >= 0.6 is 0 Å². The lowest BCUT2D eigenvalue weighted by Gasteiger charge is -2.36. The van der Waals surface area contributed by atoms with E-state index in [-0.39, 0.29) is 34.8 Å². The van der Waals surface area contributed by atoms with Gasteiger partial charge >= 0.3 is 5.97 Å². The van der Waals surface area contributed by atoms with Gasteiger partial charge in [0.25, 0.3) is 0 Å². The first kappa shape index (κ1) is 17.4. The number of carbonyl (C=O) groups excluding carboxylic acids is 3. The standard InChI is InChI=1S/C19H20O6/c1-19(2,3)18(24)25-13-7-6-12(21)14-15(13)17(23)11-8-9(20)4-5-10(11)16(14)22/h4-7,10-11,16,21-22H,8H2,1-3H3. The number of esters is 1. The van der Waals surface area contributed by atoms with E-state index in [2.05, 4.69) is 0 Å². The molecule has 1 aromatic rings. The molecule has 0 fully saturated rings. The fourth-order valence-electron chi connectivity index (χ4n) is 3.22. The molecule has 3 rings (SSSR count). The molecule has 1 aromatic carbocycles. The van der Waals surface area contributed by atoms with Crippen LogP contribution in [-0.4, -0.2) is 27.7 Å². The lowest BCUT2D eigenvalue weighted by atomic mass is 9.68. The highest BCUT2D eigenvalue weighted by Gasteiger charge is 2.45. The first-order valence-corrected chi connectivity index (χ1v) is 8.12. The van der Waals surface area contributed by atoms with E-state index >= 15 is 0 Å². The molecule has 132 valence electrons. The van der Waals surface area contributed by atoms with Gasteiger partial charge in [-0.3, -0.25) is 14.4 Å². The van der Waals surface area contributed by atoms with Crippen LogP contribution in [0.2, 0.25) is 0 Å². The summed E-state index contributed by atoms with van der Waals surface area (Å²) in [4.78, 5) is 36.8. The Labute approximate surface area is 145 Å². The highest BCUT2D eigenvalue weighted by Crippen LogP contribution is 2.48. The van der Waals surface area contributed by atoms with Crippen LogP contribution in [0.15, 0.2) is 24.3 Å². The number of fused-ring (bicyclic) bond motifs is 2. The number of Topliss-reactive ketones (excluding diaryl/α,β-unsaturated/α-hetero) is 1. The number of ketones is 2. The van der Waals surface area contributed by atoms with Gasteiger partial charge in [-0.25, -0.2) is 0 Å². The zero-order valence-corrected chi connectivity index (χ0v) is 14.3. The Morgan fingerprint density at radius 1 is 1.24 bits per heavy atom. The van der Waals surface area contributed by atoms with E-state index in [0.29, 0.717) is 0 Å². The van der Waals surface area contributed by atoms with E-state index in [0.717, 1.165) is 0 Å². The maximum Gasteiger partial charge on any atom is 0.316 e. The van der Waals surface area contributed by atoms with Crippen LogP contribution in [0.5, 0.6) is 11.5 Å². The van der Waals surface area contributed by atoms with Crippen molar-refractivity contribution < 1.29 is 29.3 Å². The third kappa shape index (κ3) is 2.87. The quantitative estimate of drug-likeness (QED) is 0.599. The lowest BCUT2D eigenvalue weighted by molar-refractivity contribution is -0.143. The molecule has 0 heterocycles. The number of phenols is 1. The van der Waals surface area contributed by atoms with Crippen LogP contribution in [-0.2, 0) is 9.59 Å². The molecule has 0 aliphatic heterocycles. The molecule has 0 spiro atoms.